The Morgan fingerprint density at radius 1 is 1.27 bits per heavy atom. The van der Waals surface area contributed by atoms with E-state index in [1.165, 1.54) is 5.56 Å². The van der Waals surface area contributed by atoms with Crippen molar-refractivity contribution in [2.75, 3.05) is 6.61 Å². The third-order valence-electron chi connectivity index (χ3n) is 2.16. The van der Waals surface area contributed by atoms with Crippen LogP contribution in [0.25, 0.3) is 0 Å². The zero-order valence-electron chi connectivity index (χ0n) is 10.2. The molecule has 0 bridgehead atoms. The highest BCUT2D eigenvalue weighted by Crippen LogP contribution is 2.12. The number of nitrogens with two attached hydrogens (primary N) is 1. The third-order valence-corrected chi connectivity index (χ3v) is 2.16. The van der Waals surface area contributed by atoms with Crippen LogP contribution in [0.15, 0.2) is 24.3 Å². The lowest BCUT2D eigenvalue weighted by Crippen LogP contribution is -2.92. The molecule has 1 aromatic carbocycles. The maximum Gasteiger partial charge on any atom is 0.119 e. The van der Waals surface area contributed by atoms with Gasteiger partial charge in [-0.05, 0) is 39.8 Å². The summed E-state index contributed by atoms with van der Waals surface area (Å²) in [4.78, 5) is 0. The standard InChI is InChI=1S/C13H21NO/c1-5-15-12-8-6-7-11(9-12)10-14-13(2,3)4/h6-9,14H,5,10H2,1-4H3/p+1. The largest absolute Gasteiger partial charge is 0.494 e. The van der Waals surface area contributed by atoms with Gasteiger partial charge in [0.05, 0.1) is 12.1 Å². The van der Waals surface area contributed by atoms with E-state index in [9.17, 15) is 0 Å². The average molecular weight is 208 g/mol. The second-order valence-electron chi connectivity index (χ2n) is 4.85. The van der Waals surface area contributed by atoms with Gasteiger partial charge in [-0.1, -0.05) is 12.1 Å². The summed E-state index contributed by atoms with van der Waals surface area (Å²) in [6, 6.07) is 8.32. The van der Waals surface area contributed by atoms with Crippen molar-refractivity contribution in [3.63, 3.8) is 0 Å². The number of hydrogen-bond acceptors (Lipinski definition) is 1. The van der Waals surface area contributed by atoms with Crippen molar-refractivity contribution in [3.05, 3.63) is 29.8 Å². The molecule has 1 aromatic rings. The molecule has 0 unspecified atom stereocenters. The van der Waals surface area contributed by atoms with Gasteiger partial charge in [0.2, 0.25) is 0 Å². The molecule has 84 valence electrons. The molecular formula is C13H22NO+. The van der Waals surface area contributed by atoms with Gasteiger partial charge in [-0.2, -0.15) is 0 Å². The maximum absolute atomic E-state index is 5.46. The first-order valence-corrected chi connectivity index (χ1v) is 5.57. The molecule has 2 heteroatoms. The minimum atomic E-state index is 0.279. The van der Waals surface area contributed by atoms with Crippen molar-refractivity contribution < 1.29 is 10.1 Å². The summed E-state index contributed by atoms with van der Waals surface area (Å²) in [5, 5.41) is 2.33. The molecule has 0 aromatic heterocycles. The molecule has 0 radical (unpaired) electrons. The summed E-state index contributed by atoms with van der Waals surface area (Å²) < 4.78 is 5.46. The van der Waals surface area contributed by atoms with Crippen LogP contribution in [-0.4, -0.2) is 12.1 Å². The van der Waals surface area contributed by atoms with Gasteiger partial charge >= 0.3 is 0 Å². The van der Waals surface area contributed by atoms with E-state index in [0.29, 0.717) is 0 Å². The van der Waals surface area contributed by atoms with Crippen LogP contribution in [0, 0.1) is 0 Å². The fourth-order valence-electron chi connectivity index (χ4n) is 1.35. The fourth-order valence-corrected chi connectivity index (χ4v) is 1.35. The van der Waals surface area contributed by atoms with Gasteiger partial charge < -0.3 is 10.1 Å². The number of ether oxygens (including phenoxy) is 1. The molecule has 1 rings (SSSR count). The number of hydrogen-bond donors (Lipinski definition) is 1. The fraction of sp³-hybridized carbons (Fsp3) is 0.538. The average Bonchev–Trinajstić information content (AvgIpc) is 2.15. The van der Waals surface area contributed by atoms with Crippen molar-refractivity contribution in [1.82, 2.24) is 0 Å². The third kappa shape index (κ3) is 4.84. The van der Waals surface area contributed by atoms with Crippen LogP contribution >= 0.6 is 0 Å². The monoisotopic (exact) mass is 208 g/mol. The molecule has 0 fully saturated rings. The first kappa shape index (κ1) is 12.1. The number of benzene rings is 1. The lowest BCUT2D eigenvalue weighted by atomic mass is 10.1. The van der Waals surface area contributed by atoms with Gasteiger partial charge in [-0.15, -0.1) is 0 Å². The Morgan fingerprint density at radius 2 is 2.00 bits per heavy atom. The van der Waals surface area contributed by atoms with Crippen LogP contribution in [0.3, 0.4) is 0 Å². The Balaban J connectivity index is 2.57. The van der Waals surface area contributed by atoms with E-state index in [0.717, 1.165) is 18.9 Å². The highest BCUT2D eigenvalue weighted by atomic mass is 16.5. The Bertz CT molecular complexity index is 302. The molecule has 0 aliphatic heterocycles. The molecule has 0 saturated heterocycles. The van der Waals surface area contributed by atoms with E-state index in [4.69, 9.17) is 4.74 Å². The van der Waals surface area contributed by atoms with Crippen molar-refractivity contribution in [3.8, 4) is 5.75 Å². The zero-order chi connectivity index (χ0) is 11.3. The van der Waals surface area contributed by atoms with Gasteiger partial charge in [0.25, 0.3) is 0 Å². The van der Waals surface area contributed by atoms with Crippen molar-refractivity contribution in [1.29, 1.82) is 0 Å². The summed E-state index contributed by atoms with van der Waals surface area (Å²) in [6.07, 6.45) is 0. The Morgan fingerprint density at radius 3 is 2.60 bits per heavy atom. The van der Waals surface area contributed by atoms with E-state index < -0.39 is 0 Å². The van der Waals surface area contributed by atoms with E-state index in [1.807, 2.05) is 13.0 Å². The van der Waals surface area contributed by atoms with Crippen LogP contribution < -0.4 is 10.1 Å². The highest BCUT2D eigenvalue weighted by Gasteiger charge is 2.12. The van der Waals surface area contributed by atoms with E-state index >= 15 is 0 Å². The van der Waals surface area contributed by atoms with Gasteiger partial charge in [0, 0.05) is 5.56 Å². The normalized spacial score (nSPS) is 11.5. The second-order valence-corrected chi connectivity index (χ2v) is 4.85. The van der Waals surface area contributed by atoms with Gasteiger partial charge in [-0.25, -0.2) is 0 Å². The van der Waals surface area contributed by atoms with E-state index in [-0.39, 0.29) is 5.54 Å². The predicted molar refractivity (Wildman–Crippen MR) is 63.0 cm³/mol. The van der Waals surface area contributed by atoms with Crippen molar-refractivity contribution in [2.45, 2.75) is 39.8 Å². The summed E-state index contributed by atoms with van der Waals surface area (Å²) in [7, 11) is 0. The molecule has 2 N–H and O–H groups in total. The summed E-state index contributed by atoms with van der Waals surface area (Å²) in [5.74, 6) is 0.970. The van der Waals surface area contributed by atoms with Gasteiger partial charge in [-0.3, -0.25) is 0 Å². The lowest BCUT2D eigenvalue weighted by molar-refractivity contribution is -0.731. The molecule has 0 heterocycles. The molecule has 0 amide bonds. The van der Waals surface area contributed by atoms with Crippen LogP contribution in [0.1, 0.15) is 33.3 Å². The summed E-state index contributed by atoms with van der Waals surface area (Å²) >= 11 is 0. The first-order valence-electron chi connectivity index (χ1n) is 5.57. The Hall–Kier alpha value is -1.02. The molecule has 0 saturated carbocycles. The quantitative estimate of drug-likeness (QED) is 0.804. The van der Waals surface area contributed by atoms with Gasteiger partial charge in [0.1, 0.15) is 12.3 Å². The summed E-state index contributed by atoms with van der Waals surface area (Å²) in [6.45, 7) is 10.4. The lowest BCUT2D eigenvalue weighted by Gasteiger charge is -2.17. The summed E-state index contributed by atoms with van der Waals surface area (Å²) in [5.41, 5.74) is 1.60. The SMILES string of the molecule is CCOc1cccc(C[NH2+]C(C)(C)C)c1. The zero-order valence-corrected chi connectivity index (χ0v) is 10.2. The molecular weight excluding hydrogens is 186 g/mol. The molecule has 0 aliphatic carbocycles. The first-order chi connectivity index (χ1) is 7.01. The predicted octanol–water partition coefficient (Wildman–Crippen LogP) is 1.95. The maximum atomic E-state index is 5.46. The topological polar surface area (TPSA) is 25.8 Å². The Kier molecular flexibility index (Phi) is 4.15. The highest BCUT2D eigenvalue weighted by molar-refractivity contribution is 5.27. The Labute approximate surface area is 92.6 Å². The minimum Gasteiger partial charge on any atom is -0.494 e. The van der Waals surface area contributed by atoms with Crippen LogP contribution in [0.2, 0.25) is 0 Å². The number of rotatable bonds is 4. The van der Waals surface area contributed by atoms with E-state index in [2.05, 4.69) is 44.3 Å². The van der Waals surface area contributed by atoms with E-state index in [1.54, 1.807) is 0 Å². The van der Waals surface area contributed by atoms with Crippen molar-refractivity contribution >= 4 is 0 Å². The molecule has 15 heavy (non-hydrogen) atoms. The minimum absolute atomic E-state index is 0.279. The van der Waals surface area contributed by atoms with Crippen LogP contribution in [0.4, 0.5) is 0 Å². The van der Waals surface area contributed by atoms with Gasteiger partial charge in [0.15, 0.2) is 0 Å². The smallest absolute Gasteiger partial charge is 0.119 e. The molecule has 0 spiro atoms. The molecule has 2 nitrogen and oxygen atoms in total. The van der Waals surface area contributed by atoms with Crippen LogP contribution in [-0.2, 0) is 6.54 Å². The number of quaternary nitrogens is 1. The molecule has 0 aliphatic rings. The second kappa shape index (κ2) is 5.17. The molecule has 0 atom stereocenters. The van der Waals surface area contributed by atoms with Crippen molar-refractivity contribution in [2.24, 2.45) is 0 Å². The van der Waals surface area contributed by atoms with Crippen LogP contribution in [0.5, 0.6) is 5.75 Å².